The molecule has 0 bridgehead atoms. The number of carbonyl (C=O) groups is 1. The van der Waals surface area contributed by atoms with E-state index >= 15 is 0 Å². The first-order valence-electron chi connectivity index (χ1n) is 8.69. The van der Waals surface area contributed by atoms with Crippen LogP contribution < -0.4 is 5.32 Å². The monoisotopic (exact) mass is 353 g/mol. The Bertz CT molecular complexity index is 602. The van der Waals surface area contributed by atoms with E-state index in [1.165, 1.54) is 12.1 Å². The van der Waals surface area contributed by atoms with Gasteiger partial charge in [-0.1, -0.05) is 12.1 Å². The molecule has 0 spiro atoms. The summed E-state index contributed by atoms with van der Waals surface area (Å²) < 4.78 is 13.5. The zero-order valence-corrected chi connectivity index (χ0v) is 14.7. The van der Waals surface area contributed by atoms with Crippen LogP contribution in [0, 0.1) is 5.82 Å². The molecule has 24 heavy (non-hydrogen) atoms. The Morgan fingerprint density at radius 3 is 2.62 bits per heavy atom. The minimum atomic E-state index is -0.444. The number of rotatable bonds is 3. The van der Waals surface area contributed by atoms with Gasteiger partial charge in [-0.3, -0.25) is 9.69 Å². The van der Waals surface area contributed by atoms with Gasteiger partial charge in [0.25, 0.3) is 0 Å². The van der Waals surface area contributed by atoms with Gasteiger partial charge in [-0.25, -0.2) is 4.39 Å². The molecule has 1 atom stereocenters. The van der Waals surface area contributed by atoms with Gasteiger partial charge in [-0.2, -0.15) is 0 Å². The predicted octanol–water partition coefficient (Wildman–Crippen LogP) is 1.79. The topological polar surface area (TPSA) is 35.6 Å². The Morgan fingerprint density at radius 2 is 1.96 bits per heavy atom. The number of nitrogens with one attached hydrogen (secondary N) is 1. The minimum absolute atomic E-state index is 0. The molecule has 2 saturated heterocycles. The van der Waals surface area contributed by atoms with Crippen molar-refractivity contribution in [3.8, 4) is 0 Å². The third-order valence-corrected chi connectivity index (χ3v) is 5.66. The van der Waals surface area contributed by atoms with Gasteiger partial charge < -0.3 is 10.2 Å². The van der Waals surface area contributed by atoms with Crippen molar-refractivity contribution in [2.45, 2.75) is 30.7 Å². The summed E-state index contributed by atoms with van der Waals surface area (Å²) in [4.78, 5) is 17.6. The molecule has 0 aromatic heterocycles. The normalized spacial score (nSPS) is 26.0. The number of carbonyl (C=O) groups excluding carboxylic acids is 1. The fraction of sp³-hybridized carbons (Fsp3) is 0.611. The standard InChI is InChI=1S/C18H24FN3O.ClH/c19-15-3-1-2-14(12-15)18(5-6-18)17(23)22-9-4-16(13-22)21-10-7-20-8-11-21;/h1-3,12,16,20H,4-11,13H2;1H. The Morgan fingerprint density at radius 1 is 1.21 bits per heavy atom. The highest BCUT2D eigenvalue weighted by molar-refractivity contribution is 5.91. The lowest BCUT2D eigenvalue weighted by Crippen LogP contribution is -2.49. The molecular weight excluding hydrogens is 329 g/mol. The Balaban J connectivity index is 0.00000169. The number of hydrogen-bond donors (Lipinski definition) is 1. The molecule has 1 aromatic carbocycles. The third-order valence-electron chi connectivity index (χ3n) is 5.66. The van der Waals surface area contributed by atoms with E-state index in [2.05, 4.69) is 10.2 Å². The van der Waals surface area contributed by atoms with E-state index < -0.39 is 5.41 Å². The first kappa shape index (κ1) is 17.6. The highest BCUT2D eigenvalue weighted by Crippen LogP contribution is 2.50. The molecule has 1 N–H and O–H groups in total. The van der Waals surface area contributed by atoms with E-state index in [-0.39, 0.29) is 24.1 Å². The van der Waals surface area contributed by atoms with E-state index in [1.54, 1.807) is 6.07 Å². The quantitative estimate of drug-likeness (QED) is 0.900. The number of benzene rings is 1. The highest BCUT2D eigenvalue weighted by Gasteiger charge is 2.54. The van der Waals surface area contributed by atoms with Gasteiger partial charge in [0.05, 0.1) is 5.41 Å². The van der Waals surface area contributed by atoms with E-state index in [1.807, 2.05) is 11.0 Å². The molecule has 2 heterocycles. The number of hydrogen-bond acceptors (Lipinski definition) is 3. The summed E-state index contributed by atoms with van der Waals surface area (Å²) in [6.45, 7) is 5.89. The summed E-state index contributed by atoms with van der Waals surface area (Å²) in [6, 6.07) is 7.09. The molecule has 1 aromatic rings. The van der Waals surface area contributed by atoms with Crippen molar-refractivity contribution in [3.63, 3.8) is 0 Å². The molecule has 6 heteroatoms. The third kappa shape index (κ3) is 3.17. The zero-order chi connectivity index (χ0) is 15.9. The number of halogens is 2. The van der Waals surface area contributed by atoms with Crippen LogP contribution in [0.3, 0.4) is 0 Å². The van der Waals surface area contributed by atoms with Crippen LogP contribution in [0.5, 0.6) is 0 Å². The summed E-state index contributed by atoms with van der Waals surface area (Å²) >= 11 is 0. The molecule has 4 rings (SSSR count). The van der Waals surface area contributed by atoms with Gasteiger partial charge in [0.1, 0.15) is 5.82 Å². The van der Waals surface area contributed by atoms with Gasteiger partial charge in [0, 0.05) is 45.3 Å². The molecule has 3 fully saturated rings. The maximum Gasteiger partial charge on any atom is 0.233 e. The smallest absolute Gasteiger partial charge is 0.233 e. The summed E-state index contributed by atoms with van der Waals surface area (Å²) in [5.74, 6) is -0.0394. The van der Waals surface area contributed by atoms with Crippen molar-refractivity contribution >= 4 is 18.3 Å². The largest absolute Gasteiger partial charge is 0.340 e. The van der Waals surface area contributed by atoms with E-state index in [0.29, 0.717) is 6.04 Å². The van der Waals surface area contributed by atoms with Gasteiger partial charge in [-0.15, -0.1) is 12.4 Å². The fourth-order valence-corrected chi connectivity index (χ4v) is 4.11. The fourth-order valence-electron chi connectivity index (χ4n) is 4.11. The molecule has 0 radical (unpaired) electrons. The lowest BCUT2D eigenvalue weighted by atomic mass is 9.94. The van der Waals surface area contributed by atoms with Crippen molar-refractivity contribution in [1.29, 1.82) is 0 Å². The Kier molecular flexibility index (Phi) is 5.13. The first-order valence-corrected chi connectivity index (χ1v) is 8.69. The number of likely N-dealkylation sites (tertiary alicyclic amines) is 1. The molecule has 1 saturated carbocycles. The SMILES string of the molecule is Cl.O=C(N1CCC(N2CCNCC2)C1)C1(c2cccc(F)c2)CC1. The van der Waals surface area contributed by atoms with Crippen LogP contribution in [-0.4, -0.2) is 61.0 Å². The maximum atomic E-state index is 13.5. The Hall–Kier alpha value is -1.17. The zero-order valence-electron chi connectivity index (χ0n) is 13.8. The van der Waals surface area contributed by atoms with Gasteiger partial charge >= 0.3 is 0 Å². The molecule has 1 aliphatic carbocycles. The van der Waals surface area contributed by atoms with Crippen molar-refractivity contribution in [3.05, 3.63) is 35.6 Å². The summed E-state index contributed by atoms with van der Waals surface area (Å²) in [5.41, 5.74) is 0.411. The van der Waals surface area contributed by atoms with Crippen molar-refractivity contribution in [1.82, 2.24) is 15.1 Å². The van der Waals surface area contributed by atoms with E-state index in [9.17, 15) is 9.18 Å². The lowest BCUT2D eigenvalue weighted by Gasteiger charge is -2.33. The first-order chi connectivity index (χ1) is 11.2. The van der Waals surface area contributed by atoms with Crippen LogP contribution in [0.2, 0.25) is 0 Å². The highest BCUT2D eigenvalue weighted by atomic mass is 35.5. The second kappa shape index (κ2) is 6.98. The van der Waals surface area contributed by atoms with Gasteiger partial charge in [-0.05, 0) is 37.0 Å². The average Bonchev–Trinajstić information content (AvgIpc) is 3.25. The number of piperazine rings is 1. The minimum Gasteiger partial charge on any atom is -0.340 e. The van der Waals surface area contributed by atoms with Crippen molar-refractivity contribution in [2.75, 3.05) is 39.3 Å². The van der Waals surface area contributed by atoms with Gasteiger partial charge in [0.15, 0.2) is 0 Å². The molecular formula is C18H25ClFN3O. The lowest BCUT2D eigenvalue weighted by molar-refractivity contribution is -0.133. The molecule has 1 unspecified atom stereocenters. The maximum absolute atomic E-state index is 13.5. The van der Waals surface area contributed by atoms with Crippen LogP contribution in [-0.2, 0) is 10.2 Å². The molecule has 2 aliphatic heterocycles. The predicted molar refractivity (Wildman–Crippen MR) is 94.0 cm³/mol. The second-order valence-electron chi connectivity index (χ2n) is 7.07. The second-order valence-corrected chi connectivity index (χ2v) is 7.07. The number of amides is 1. The van der Waals surface area contributed by atoms with Crippen LogP contribution >= 0.6 is 12.4 Å². The average molecular weight is 354 g/mol. The van der Waals surface area contributed by atoms with E-state index in [0.717, 1.165) is 64.1 Å². The summed E-state index contributed by atoms with van der Waals surface area (Å²) in [6.07, 6.45) is 2.76. The molecule has 132 valence electrons. The van der Waals surface area contributed by atoms with E-state index in [4.69, 9.17) is 0 Å². The molecule has 3 aliphatic rings. The van der Waals surface area contributed by atoms with Crippen LogP contribution in [0.4, 0.5) is 4.39 Å². The Labute approximate surface area is 148 Å². The van der Waals surface area contributed by atoms with Crippen LogP contribution in [0.1, 0.15) is 24.8 Å². The summed E-state index contributed by atoms with van der Waals surface area (Å²) in [5, 5.41) is 3.38. The van der Waals surface area contributed by atoms with Crippen molar-refractivity contribution < 1.29 is 9.18 Å². The van der Waals surface area contributed by atoms with Crippen LogP contribution in [0.25, 0.3) is 0 Å². The van der Waals surface area contributed by atoms with Crippen LogP contribution in [0.15, 0.2) is 24.3 Å². The number of nitrogens with zero attached hydrogens (tertiary/aromatic N) is 2. The summed E-state index contributed by atoms with van der Waals surface area (Å²) in [7, 11) is 0. The molecule has 4 nitrogen and oxygen atoms in total. The van der Waals surface area contributed by atoms with Gasteiger partial charge in [0.2, 0.25) is 5.91 Å². The molecule has 1 amide bonds. The van der Waals surface area contributed by atoms with Crippen molar-refractivity contribution in [2.24, 2.45) is 0 Å².